The lowest BCUT2D eigenvalue weighted by Crippen LogP contribution is -2.43. The van der Waals surface area contributed by atoms with Crippen LogP contribution in [0, 0.1) is 0 Å². The summed E-state index contributed by atoms with van der Waals surface area (Å²) in [6, 6.07) is 10.4. The number of hydrogen-bond donors (Lipinski definition) is 3. The molecule has 2 aliphatic rings. The summed E-state index contributed by atoms with van der Waals surface area (Å²) >= 11 is 0. The average molecular weight is 338 g/mol. The average Bonchev–Trinajstić information content (AvgIpc) is 2.84. The van der Waals surface area contributed by atoms with Crippen LogP contribution in [0.25, 0.3) is 0 Å². The van der Waals surface area contributed by atoms with E-state index in [1.807, 2.05) is 18.2 Å². The van der Waals surface area contributed by atoms with Crippen LogP contribution in [0.5, 0.6) is 0 Å². The van der Waals surface area contributed by atoms with E-state index in [1.165, 1.54) is 11.1 Å². The lowest BCUT2D eigenvalue weighted by molar-refractivity contribution is -0.0202. The monoisotopic (exact) mass is 338 g/mol. The van der Waals surface area contributed by atoms with Gasteiger partial charge < -0.3 is 15.7 Å². The first kappa shape index (κ1) is 16.5. The van der Waals surface area contributed by atoms with Crippen molar-refractivity contribution in [3.8, 4) is 0 Å². The molecule has 2 aromatic rings. The molecule has 0 unspecified atom stereocenters. The van der Waals surface area contributed by atoms with E-state index < -0.39 is 5.60 Å². The maximum atomic E-state index is 10.4. The molecule has 132 valence electrons. The maximum Gasteiger partial charge on any atom is 0.135 e. The fourth-order valence-corrected chi connectivity index (χ4v) is 3.61. The molecule has 5 nitrogen and oxygen atoms in total. The summed E-state index contributed by atoms with van der Waals surface area (Å²) in [6.45, 7) is 2.49. The molecule has 0 amide bonds. The first-order valence-corrected chi connectivity index (χ1v) is 9.31. The van der Waals surface area contributed by atoms with Crippen LogP contribution in [-0.4, -0.2) is 40.3 Å². The van der Waals surface area contributed by atoms with Crippen LogP contribution < -0.4 is 10.6 Å². The fourth-order valence-electron chi connectivity index (χ4n) is 3.61. The summed E-state index contributed by atoms with van der Waals surface area (Å²) in [7, 11) is 0. The molecule has 2 heterocycles. The summed E-state index contributed by atoms with van der Waals surface area (Å²) in [5.41, 5.74) is 3.02. The van der Waals surface area contributed by atoms with Crippen molar-refractivity contribution in [3.63, 3.8) is 0 Å². The van der Waals surface area contributed by atoms with Crippen molar-refractivity contribution in [2.24, 2.45) is 0 Å². The van der Waals surface area contributed by atoms with E-state index in [9.17, 15) is 5.11 Å². The van der Waals surface area contributed by atoms with Crippen LogP contribution in [0.2, 0.25) is 0 Å². The minimum absolute atomic E-state index is 0.555. The van der Waals surface area contributed by atoms with E-state index in [0.29, 0.717) is 6.54 Å². The second-order valence-electron chi connectivity index (χ2n) is 7.26. The highest BCUT2D eigenvalue weighted by molar-refractivity contribution is 5.48. The molecule has 0 atom stereocenters. The highest BCUT2D eigenvalue weighted by atomic mass is 16.3. The Kier molecular flexibility index (Phi) is 4.68. The van der Waals surface area contributed by atoms with Gasteiger partial charge in [-0.1, -0.05) is 30.3 Å². The Hall–Kier alpha value is -1.98. The van der Waals surface area contributed by atoms with Crippen molar-refractivity contribution in [1.29, 1.82) is 0 Å². The third kappa shape index (κ3) is 3.83. The Bertz CT molecular complexity index is 728. The van der Waals surface area contributed by atoms with Gasteiger partial charge in [-0.15, -0.1) is 0 Å². The Balaban J connectivity index is 1.61. The minimum Gasteiger partial charge on any atom is -0.388 e. The molecule has 1 fully saturated rings. The van der Waals surface area contributed by atoms with Gasteiger partial charge in [0.15, 0.2) is 0 Å². The summed E-state index contributed by atoms with van der Waals surface area (Å²) in [4.78, 5) is 9.68. The normalized spacial score (nSPS) is 18.8. The van der Waals surface area contributed by atoms with Gasteiger partial charge in [0.25, 0.3) is 0 Å². The first-order chi connectivity index (χ1) is 12.2. The zero-order valence-corrected chi connectivity index (χ0v) is 14.6. The zero-order chi connectivity index (χ0) is 17.1. The van der Waals surface area contributed by atoms with Gasteiger partial charge in [-0.3, -0.25) is 0 Å². The molecule has 1 saturated carbocycles. The van der Waals surface area contributed by atoms with Crippen LogP contribution in [0.1, 0.15) is 41.9 Å². The van der Waals surface area contributed by atoms with Crippen molar-refractivity contribution in [3.05, 3.63) is 53.0 Å². The Morgan fingerprint density at radius 3 is 2.64 bits per heavy atom. The molecular weight excluding hydrogens is 312 g/mol. The van der Waals surface area contributed by atoms with E-state index in [1.54, 1.807) is 0 Å². The highest BCUT2D eigenvalue weighted by Gasteiger charge is 2.34. The number of hydrogen-bond acceptors (Lipinski definition) is 5. The SMILES string of the molecule is OC1(CNc2nc(Cc3ccccc3)nc3c2CCNCC3)CCC1. The van der Waals surface area contributed by atoms with Crippen molar-refractivity contribution in [1.82, 2.24) is 15.3 Å². The summed E-state index contributed by atoms with van der Waals surface area (Å²) in [6.07, 6.45) is 5.47. The number of fused-ring (bicyclic) bond motifs is 1. The molecule has 1 aliphatic carbocycles. The number of aliphatic hydroxyl groups is 1. The molecule has 1 aromatic heterocycles. The van der Waals surface area contributed by atoms with Crippen molar-refractivity contribution < 1.29 is 5.11 Å². The van der Waals surface area contributed by atoms with Gasteiger partial charge in [-0.25, -0.2) is 9.97 Å². The third-order valence-corrected chi connectivity index (χ3v) is 5.30. The van der Waals surface area contributed by atoms with Gasteiger partial charge in [0.05, 0.1) is 11.3 Å². The second kappa shape index (κ2) is 7.10. The predicted molar refractivity (Wildman–Crippen MR) is 98.8 cm³/mol. The molecule has 0 bridgehead atoms. The standard InChI is InChI=1S/C20H26N4O/c25-20(9-4-10-20)14-22-19-16-7-11-21-12-8-17(16)23-18(24-19)13-15-5-2-1-3-6-15/h1-3,5-6,21,25H,4,7-14H2,(H,22,23,24). The number of benzene rings is 1. The number of anilines is 1. The number of aromatic nitrogens is 2. The molecule has 25 heavy (non-hydrogen) atoms. The maximum absolute atomic E-state index is 10.4. The number of rotatable bonds is 5. The topological polar surface area (TPSA) is 70.1 Å². The Labute approximate surface area is 148 Å². The largest absolute Gasteiger partial charge is 0.388 e. The summed E-state index contributed by atoms with van der Waals surface area (Å²) in [5.74, 6) is 1.77. The van der Waals surface area contributed by atoms with Crippen LogP contribution in [0.15, 0.2) is 30.3 Å². The van der Waals surface area contributed by atoms with E-state index in [4.69, 9.17) is 9.97 Å². The van der Waals surface area contributed by atoms with Gasteiger partial charge in [-0.05, 0) is 37.8 Å². The molecule has 3 N–H and O–H groups in total. The third-order valence-electron chi connectivity index (χ3n) is 5.30. The van der Waals surface area contributed by atoms with E-state index in [-0.39, 0.29) is 0 Å². The molecule has 0 spiro atoms. The molecule has 0 saturated heterocycles. The summed E-state index contributed by atoms with van der Waals surface area (Å²) < 4.78 is 0. The minimum atomic E-state index is -0.555. The van der Waals surface area contributed by atoms with E-state index in [2.05, 4.69) is 22.8 Å². The quantitative estimate of drug-likeness (QED) is 0.779. The second-order valence-corrected chi connectivity index (χ2v) is 7.26. The molecule has 0 radical (unpaired) electrons. The molecular formula is C20H26N4O. The molecule has 1 aromatic carbocycles. The molecule has 1 aliphatic heterocycles. The van der Waals surface area contributed by atoms with Gasteiger partial charge in [0.1, 0.15) is 11.6 Å². The predicted octanol–water partition coefficient (Wildman–Crippen LogP) is 2.08. The summed E-state index contributed by atoms with van der Waals surface area (Å²) in [5, 5.41) is 17.3. The van der Waals surface area contributed by atoms with Crippen LogP contribution in [0.3, 0.4) is 0 Å². The van der Waals surface area contributed by atoms with Crippen molar-refractivity contribution in [2.45, 2.75) is 44.1 Å². The van der Waals surface area contributed by atoms with Crippen molar-refractivity contribution >= 4 is 5.82 Å². The smallest absolute Gasteiger partial charge is 0.135 e. The van der Waals surface area contributed by atoms with Crippen LogP contribution in [-0.2, 0) is 19.3 Å². The first-order valence-electron chi connectivity index (χ1n) is 9.31. The van der Waals surface area contributed by atoms with Gasteiger partial charge in [-0.2, -0.15) is 0 Å². The Morgan fingerprint density at radius 2 is 1.88 bits per heavy atom. The van der Waals surface area contributed by atoms with Gasteiger partial charge >= 0.3 is 0 Å². The van der Waals surface area contributed by atoms with E-state index in [0.717, 1.165) is 69.0 Å². The van der Waals surface area contributed by atoms with Crippen molar-refractivity contribution in [2.75, 3.05) is 25.0 Å². The van der Waals surface area contributed by atoms with E-state index >= 15 is 0 Å². The Morgan fingerprint density at radius 1 is 1.08 bits per heavy atom. The van der Waals surface area contributed by atoms with Gasteiger partial charge in [0, 0.05) is 31.5 Å². The lowest BCUT2D eigenvalue weighted by atomic mass is 9.80. The highest BCUT2D eigenvalue weighted by Crippen LogP contribution is 2.32. The number of nitrogens with zero attached hydrogens (tertiary/aromatic N) is 2. The lowest BCUT2D eigenvalue weighted by Gasteiger charge is -2.37. The molecule has 4 rings (SSSR count). The zero-order valence-electron chi connectivity index (χ0n) is 14.6. The number of nitrogens with one attached hydrogen (secondary N) is 2. The molecule has 5 heteroatoms. The van der Waals surface area contributed by atoms with Gasteiger partial charge in [0.2, 0.25) is 0 Å². The van der Waals surface area contributed by atoms with Crippen LogP contribution in [0.4, 0.5) is 5.82 Å². The fraction of sp³-hybridized carbons (Fsp3) is 0.500. The van der Waals surface area contributed by atoms with Crippen LogP contribution >= 0.6 is 0 Å².